The fourth-order valence-electron chi connectivity index (χ4n) is 6.79. The summed E-state index contributed by atoms with van der Waals surface area (Å²) in [6.07, 6.45) is 0.331. The van der Waals surface area contributed by atoms with Crippen molar-refractivity contribution in [2.75, 3.05) is 10.2 Å². The Kier molecular flexibility index (Phi) is 6.18. The normalized spacial score (nSPS) is 25.0. The van der Waals surface area contributed by atoms with E-state index in [4.69, 9.17) is 23.2 Å². The SMILES string of the molecule is CC(C)(C)C[C@@H]1N2C(=O)N(c3ccc(C#N)cc3)C(=O)[C@H]2[C@H](c2cccc(Cl)c2F)[C@]12C(=O)Nc1cc(Cl)ccc12. The molecule has 0 aromatic heterocycles. The van der Waals surface area contributed by atoms with Crippen molar-refractivity contribution < 1.29 is 18.8 Å². The molecule has 4 amide bonds. The van der Waals surface area contributed by atoms with Crippen LogP contribution in [0.5, 0.6) is 0 Å². The molecule has 6 rings (SSSR count). The van der Waals surface area contributed by atoms with E-state index in [0.29, 0.717) is 28.3 Å². The van der Waals surface area contributed by atoms with E-state index in [2.05, 4.69) is 5.32 Å². The largest absolute Gasteiger partial charge is 0.332 e. The van der Waals surface area contributed by atoms with Crippen molar-refractivity contribution in [3.63, 3.8) is 0 Å². The summed E-state index contributed by atoms with van der Waals surface area (Å²) >= 11 is 12.5. The molecule has 0 saturated carbocycles. The van der Waals surface area contributed by atoms with E-state index in [9.17, 15) is 19.6 Å². The molecule has 0 unspecified atom stereocenters. The maximum atomic E-state index is 16.0. The van der Waals surface area contributed by atoms with E-state index in [0.717, 1.165) is 4.90 Å². The molecule has 3 aliphatic heterocycles. The highest BCUT2D eigenvalue weighted by Gasteiger charge is 2.73. The number of nitrogens with zero attached hydrogens (tertiary/aromatic N) is 3. The first-order chi connectivity index (χ1) is 19.4. The van der Waals surface area contributed by atoms with Crippen molar-refractivity contribution in [2.45, 2.75) is 50.6 Å². The van der Waals surface area contributed by atoms with Crippen molar-refractivity contribution in [2.24, 2.45) is 5.41 Å². The van der Waals surface area contributed by atoms with Crippen LogP contribution in [-0.2, 0) is 15.0 Å². The molecular formula is C31H25Cl2FN4O3. The molecular weight excluding hydrogens is 566 g/mol. The third kappa shape index (κ3) is 3.87. The summed E-state index contributed by atoms with van der Waals surface area (Å²) in [4.78, 5) is 45.4. The average molecular weight is 591 g/mol. The van der Waals surface area contributed by atoms with Crippen LogP contribution < -0.4 is 10.2 Å². The predicted molar refractivity (Wildman–Crippen MR) is 153 cm³/mol. The van der Waals surface area contributed by atoms with Crippen molar-refractivity contribution in [1.29, 1.82) is 5.26 Å². The molecule has 2 fully saturated rings. The second-order valence-electron chi connectivity index (χ2n) is 11.9. The average Bonchev–Trinajstić information content (AvgIpc) is 3.46. The zero-order valence-electron chi connectivity index (χ0n) is 22.4. The van der Waals surface area contributed by atoms with Gasteiger partial charge in [-0.05, 0) is 65.4 Å². The fraction of sp³-hybridized carbons (Fsp3) is 0.290. The molecule has 1 spiro atoms. The number of nitrogens with one attached hydrogen (secondary N) is 1. The number of imide groups is 1. The summed E-state index contributed by atoms with van der Waals surface area (Å²) in [6, 6.07) is 15.0. The molecule has 41 heavy (non-hydrogen) atoms. The minimum absolute atomic E-state index is 0.0738. The van der Waals surface area contributed by atoms with E-state index in [1.54, 1.807) is 24.3 Å². The highest BCUT2D eigenvalue weighted by molar-refractivity contribution is 6.31. The Hall–Kier alpha value is -3.93. The van der Waals surface area contributed by atoms with Crippen molar-refractivity contribution >= 4 is 52.4 Å². The highest BCUT2D eigenvalue weighted by atomic mass is 35.5. The molecule has 4 atom stereocenters. The van der Waals surface area contributed by atoms with Crippen LogP contribution >= 0.6 is 23.2 Å². The van der Waals surface area contributed by atoms with Gasteiger partial charge in [0, 0.05) is 16.6 Å². The summed E-state index contributed by atoms with van der Waals surface area (Å²) in [5, 5.41) is 12.4. The first kappa shape index (κ1) is 27.3. The Balaban J connectivity index is 1.64. The Bertz CT molecular complexity index is 1680. The molecule has 0 bridgehead atoms. The van der Waals surface area contributed by atoms with Gasteiger partial charge in [0.15, 0.2) is 0 Å². The lowest BCUT2D eigenvalue weighted by atomic mass is 9.62. The summed E-state index contributed by atoms with van der Waals surface area (Å²) in [5.41, 5.74) is -0.176. The van der Waals surface area contributed by atoms with Gasteiger partial charge in [0.25, 0.3) is 5.91 Å². The molecule has 2 saturated heterocycles. The number of amides is 4. The van der Waals surface area contributed by atoms with Gasteiger partial charge in [0.1, 0.15) is 17.3 Å². The van der Waals surface area contributed by atoms with Crippen LogP contribution in [0.2, 0.25) is 10.0 Å². The number of anilines is 2. The summed E-state index contributed by atoms with van der Waals surface area (Å²) in [7, 11) is 0. The molecule has 7 nitrogen and oxygen atoms in total. The lowest BCUT2D eigenvalue weighted by Crippen LogP contribution is -2.53. The maximum Gasteiger partial charge on any atom is 0.332 e. The number of rotatable bonds is 3. The standard InChI is InChI=1S/C31H25Cl2FN4O3/c1-30(2,3)14-23-31(20-12-9-17(32)13-22(20)36-28(31)40)24(19-5-4-6-21(33)25(19)34)26-27(39)37(29(41)38(23)26)18-10-7-16(15-35)8-11-18/h4-13,23-24,26H,14H2,1-3H3,(H,36,40)/t23-,24-,26+,31+/m0/s1. The van der Waals surface area contributed by atoms with Crippen molar-refractivity contribution in [1.82, 2.24) is 4.90 Å². The third-order valence-electron chi connectivity index (χ3n) is 8.28. The van der Waals surface area contributed by atoms with E-state index in [-0.39, 0.29) is 16.3 Å². The Morgan fingerprint density at radius 2 is 1.76 bits per heavy atom. The van der Waals surface area contributed by atoms with Crippen LogP contribution in [0.4, 0.5) is 20.6 Å². The smallest absolute Gasteiger partial charge is 0.325 e. The number of carbonyl (C=O) groups excluding carboxylic acids is 3. The zero-order valence-corrected chi connectivity index (χ0v) is 23.9. The monoisotopic (exact) mass is 590 g/mol. The number of carbonyl (C=O) groups is 3. The Labute approximate surface area is 246 Å². The molecule has 10 heteroatoms. The fourth-order valence-corrected chi connectivity index (χ4v) is 7.15. The van der Waals surface area contributed by atoms with E-state index in [1.807, 2.05) is 26.8 Å². The number of urea groups is 1. The van der Waals surface area contributed by atoms with Crippen LogP contribution in [0.15, 0.2) is 60.7 Å². The first-order valence-corrected chi connectivity index (χ1v) is 13.9. The number of halogens is 3. The lowest BCUT2D eigenvalue weighted by molar-refractivity contribution is -0.122. The van der Waals surface area contributed by atoms with Crippen molar-refractivity contribution in [3.8, 4) is 6.07 Å². The van der Waals surface area contributed by atoms with Gasteiger partial charge in [-0.2, -0.15) is 5.26 Å². The molecule has 3 aromatic carbocycles. The van der Waals surface area contributed by atoms with Gasteiger partial charge in [-0.15, -0.1) is 0 Å². The topological polar surface area (TPSA) is 93.5 Å². The minimum atomic E-state index is -1.51. The van der Waals surface area contributed by atoms with Crippen LogP contribution in [0.25, 0.3) is 0 Å². The van der Waals surface area contributed by atoms with E-state index < -0.39 is 52.5 Å². The molecule has 0 radical (unpaired) electrons. The minimum Gasteiger partial charge on any atom is -0.325 e. The van der Waals surface area contributed by atoms with E-state index >= 15 is 4.39 Å². The highest BCUT2D eigenvalue weighted by Crippen LogP contribution is 2.62. The molecule has 3 heterocycles. The van der Waals surface area contributed by atoms with Gasteiger partial charge in [-0.3, -0.25) is 9.59 Å². The third-order valence-corrected chi connectivity index (χ3v) is 8.81. The van der Waals surface area contributed by atoms with Crippen LogP contribution in [0.3, 0.4) is 0 Å². The van der Waals surface area contributed by atoms with E-state index in [1.165, 1.54) is 41.3 Å². The lowest BCUT2D eigenvalue weighted by Gasteiger charge is -2.40. The second kappa shape index (κ2) is 9.30. The zero-order chi connectivity index (χ0) is 29.4. The number of benzene rings is 3. The number of nitriles is 1. The Morgan fingerprint density at radius 1 is 1.05 bits per heavy atom. The molecule has 208 valence electrons. The summed E-state index contributed by atoms with van der Waals surface area (Å²) < 4.78 is 16.0. The van der Waals surface area contributed by atoms with Crippen LogP contribution in [0.1, 0.15) is 49.8 Å². The summed E-state index contributed by atoms with van der Waals surface area (Å²) in [5.74, 6) is -2.87. The van der Waals surface area contributed by atoms with Gasteiger partial charge in [0.05, 0.1) is 28.4 Å². The quantitative estimate of drug-likeness (QED) is 0.346. The first-order valence-electron chi connectivity index (χ1n) is 13.1. The van der Waals surface area contributed by atoms with Gasteiger partial charge < -0.3 is 10.2 Å². The summed E-state index contributed by atoms with van der Waals surface area (Å²) in [6.45, 7) is 5.96. The van der Waals surface area contributed by atoms with Crippen LogP contribution in [0, 0.1) is 22.6 Å². The number of hydrogen-bond acceptors (Lipinski definition) is 4. The van der Waals surface area contributed by atoms with Gasteiger partial charge >= 0.3 is 6.03 Å². The number of fused-ring (bicyclic) bond motifs is 3. The van der Waals surface area contributed by atoms with Gasteiger partial charge in [0.2, 0.25) is 5.91 Å². The maximum absolute atomic E-state index is 16.0. The van der Waals surface area contributed by atoms with Gasteiger partial charge in [-0.1, -0.05) is 62.2 Å². The Morgan fingerprint density at radius 3 is 2.41 bits per heavy atom. The van der Waals surface area contributed by atoms with Gasteiger partial charge in [-0.25, -0.2) is 14.1 Å². The number of hydrogen-bond donors (Lipinski definition) is 1. The second-order valence-corrected chi connectivity index (χ2v) is 12.7. The molecule has 3 aliphatic rings. The van der Waals surface area contributed by atoms with Crippen molar-refractivity contribution in [3.05, 3.63) is 93.2 Å². The van der Waals surface area contributed by atoms with Crippen LogP contribution in [-0.4, -0.2) is 34.8 Å². The predicted octanol–water partition coefficient (Wildman–Crippen LogP) is 6.63. The molecule has 0 aliphatic carbocycles. The molecule has 3 aromatic rings. The molecule has 1 N–H and O–H groups in total.